The van der Waals surface area contributed by atoms with E-state index in [1.54, 1.807) is 24.3 Å². The van der Waals surface area contributed by atoms with Gasteiger partial charge >= 0.3 is 5.97 Å². The molecule has 2 aromatic rings. The molecule has 1 atom stereocenters. The first-order valence-electron chi connectivity index (χ1n) is 11.5. The molecule has 0 unspecified atom stereocenters. The molecule has 0 spiro atoms. The number of amides is 2. The zero-order valence-corrected chi connectivity index (χ0v) is 21.2. The number of anilines is 1. The summed E-state index contributed by atoms with van der Waals surface area (Å²) in [6, 6.07) is 4.98. The third-order valence-corrected chi connectivity index (χ3v) is 5.35. The highest BCUT2D eigenvalue weighted by atomic mass is 19.2. The third-order valence-electron chi connectivity index (χ3n) is 5.35. The Balaban J connectivity index is 1.99. The number of para-hydroxylation sites is 1. The molecule has 2 aromatic carbocycles. The van der Waals surface area contributed by atoms with Gasteiger partial charge in [0.05, 0.1) is 6.42 Å². The molecule has 3 N–H and O–H groups in total. The zero-order chi connectivity index (χ0) is 29.5. The molecule has 0 aliphatic rings. The number of hydrogen-bond acceptors (Lipinski definition) is 6. The average molecular weight is 554 g/mol. The molecule has 210 valence electrons. The van der Waals surface area contributed by atoms with E-state index < -0.39 is 90.3 Å². The Hall–Kier alpha value is -4.29. The fourth-order valence-electron chi connectivity index (χ4n) is 3.39. The number of halogens is 4. The first-order chi connectivity index (χ1) is 18.1. The van der Waals surface area contributed by atoms with Crippen molar-refractivity contribution in [3.63, 3.8) is 0 Å². The molecule has 0 fully saturated rings. The van der Waals surface area contributed by atoms with Crippen LogP contribution in [0.4, 0.5) is 23.2 Å². The lowest BCUT2D eigenvalue weighted by Gasteiger charge is -2.22. The van der Waals surface area contributed by atoms with Crippen molar-refractivity contribution in [2.24, 2.45) is 0 Å². The molecule has 0 saturated carbocycles. The lowest BCUT2D eigenvalue weighted by Crippen LogP contribution is -2.44. The van der Waals surface area contributed by atoms with Gasteiger partial charge < -0.3 is 20.5 Å². The van der Waals surface area contributed by atoms with Gasteiger partial charge in [-0.05, 0) is 17.0 Å². The van der Waals surface area contributed by atoms with Crippen LogP contribution in [0.2, 0.25) is 0 Å². The highest BCUT2D eigenvalue weighted by Crippen LogP contribution is 2.29. The molecule has 0 aliphatic heterocycles. The number of ketones is 2. The van der Waals surface area contributed by atoms with Gasteiger partial charge in [-0.2, -0.15) is 8.78 Å². The summed E-state index contributed by atoms with van der Waals surface area (Å²) in [4.78, 5) is 60.4. The molecule has 0 radical (unpaired) electrons. The molecule has 2 rings (SSSR count). The number of aliphatic carboxylic acids is 1. The minimum absolute atomic E-state index is 0.0717. The van der Waals surface area contributed by atoms with E-state index in [-0.39, 0.29) is 11.5 Å². The van der Waals surface area contributed by atoms with Gasteiger partial charge in [0.25, 0.3) is 5.91 Å². The molecule has 2 amide bonds. The quantitative estimate of drug-likeness (QED) is 0.208. The summed E-state index contributed by atoms with van der Waals surface area (Å²) < 4.78 is 58.6. The third kappa shape index (κ3) is 8.62. The molecular formula is C26H26F4N2O7. The molecule has 0 bridgehead atoms. The number of benzene rings is 2. The Kier molecular flexibility index (Phi) is 10.3. The SMILES string of the molecule is CC(C)(C)c1ccccc1NC(=O)C(=O)CCC(=O)N[C@@H](CC(=O)O)C(=O)COc1c(F)c(F)cc(F)c1F. The van der Waals surface area contributed by atoms with Crippen LogP contribution in [0.15, 0.2) is 30.3 Å². The topological polar surface area (TPSA) is 139 Å². The molecule has 0 aromatic heterocycles. The molecule has 0 saturated heterocycles. The lowest BCUT2D eigenvalue weighted by atomic mass is 9.86. The lowest BCUT2D eigenvalue weighted by molar-refractivity contribution is -0.140. The van der Waals surface area contributed by atoms with E-state index in [1.807, 2.05) is 26.1 Å². The summed E-state index contributed by atoms with van der Waals surface area (Å²) in [6.07, 6.45) is -2.16. The number of hydrogen-bond donors (Lipinski definition) is 3. The Bertz CT molecular complexity index is 1270. The molecule has 0 heterocycles. The van der Waals surface area contributed by atoms with E-state index in [1.165, 1.54) is 0 Å². The summed E-state index contributed by atoms with van der Waals surface area (Å²) in [5, 5.41) is 13.6. The Morgan fingerprint density at radius 2 is 1.54 bits per heavy atom. The van der Waals surface area contributed by atoms with E-state index in [0.29, 0.717) is 5.69 Å². The van der Waals surface area contributed by atoms with Gasteiger partial charge in [-0.25, -0.2) is 8.78 Å². The summed E-state index contributed by atoms with van der Waals surface area (Å²) in [6.45, 7) is 4.48. The first kappa shape index (κ1) is 30.9. The second-order valence-electron chi connectivity index (χ2n) is 9.44. The van der Waals surface area contributed by atoms with Crippen LogP contribution < -0.4 is 15.4 Å². The number of rotatable bonds is 12. The minimum atomic E-state index is -1.91. The van der Waals surface area contributed by atoms with Gasteiger partial charge in [-0.3, -0.25) is 24.0 Å². The van der Waals surface area contributed by atoms with Gasteiger partial charge in [-0.15, -0.1) is 0 Å². The van der Waals surface area contributed by atoms with Crippen molar-refractivity contribution in [3.8, 4) is 5.75 Å². The van der Waals surface area contributed by atoms with Crippen LogP contribution in [0, 0.1) is 23.3 Å². The van der Waals surface area contributed by atoms with E-state index >= 15 is 0 Å². The molecule has 39 heavy (non-hydrogen) atoms. The van der Waals surface area contributed by atoms with Crippen molar-refractivity contribution < 1.29 is 51.4 Å². The Labute approximate surface area is 220 Å². The number of Topliss-reactive ketones (excluding diaryl/α,β-unsaturated/α-hetero) is 2. The normalized spacial score (nSPS) is 11.9. The van der Waals surface area contributed by atoms with E-state index in [9.17, 15) is 41.5 Å². The highest BCUT2D eigenvalue weighted by molar-refractivity contribution is 6.40. The van der Waals surface area contributed by atoms with E-state index in [0.717, 1.165) is 5.56 Å². The number of carbonyl (C=O) groups is 5. The van der Waals surface area contributed by atoms with E-state index in [4.69, 9.17) is 5.11 Å². The molecular weight excluding hydrogens is 528 g/mol. The average Bonchev–Trinajstić information content (AvgIpc) is 2.84. The number of carboxylic acids is 1. The monoisotopic (exact) mass is 554 g/mol. The van der Waals surface area contributed by atoms with Gasteiger partial charge in [0.15, 0.2) is 23.2 Å². The van der Waals surface area contributed by atoms with Crippen LogP contribution in [0.5, 0.6) is 5.75 Å². The van der Waals surface area contributed by atoms with Crippen LogP contribution in [0.3, 0.4) is 0 Å². The van der Waals surface area contributed by atoms with E-state index in [2.05, 4.69) is 10.1 Å². The Morgan fingerprint density at radius 3 is 2.10 bits per heavy atom. The molecule has 9 nitrogen and oxygen atoms in total. The van der Waals surface area contributed by atoms with Gasteiger partial charge in [0.1, 0.15) is 12.6 Å². The fraction of sp³-hybridized carbons (Fsp3) is 0.346. The predicted octanol–water partition coefficient (Wildman–Crippen LogP) is 3.44. The molecule has 0 aliphatic carbocycles. The maximum atomic E-state index is 13.7. The first-order valence-corrected chi connectivity index (χ1v) is 11.5. The van der Waals surface area contributed by atoms with Crippen molar-refractivity contribution >= 4 is 35.0 Å². The smallest absolute Gasteiger partial charge is 0.305 e. The summed E-state index contributed by atoms with van der Waals surface area (Å²) in [5.41, 5.74) is 0.829. The number of carboxylic acid groups (broad SMARTS) is 1. The summed E-state index contributed by atoms with van der Waals surface area (Å²) in [7, 11) is 0. The Morgan fingerprint density at radius 1 is 0.949 bits per heavy atom. The number of nitrogens with one attached hydrogen (secondary N) is 2. The summed E-state index contributed by atoms with van der Waals surface area (Å²) in [5.74, 6) is -14.6. The van der Waals surface area contributed by atoms with Crippen molar-refractivity contribution in [1.82, 2.24) is 5.32 Å². The maximum Gasteiger partial charge on any atom is 0.305 e. The summed E-state index contributed by atoms with van der Waals surface area (Å²) >= 11 is 0. The second-order valence-corrected chi connectivity index (χ2v) is 9.44. The zero-order valence-electron chi connectivity index (χ0n) is 21.2. The van der Waals surface area contributed by atoms with Crippen molar-refractivity contribution in [1.29, 1.82) is 0 Å². The van der Waals surface area contributed by atoms with Gasteiger partial charge in [-0.1, -0.05) is 39.0 Å². The molecule has 13 heteroatoms. The van der Waals surface area contributed by atoms with Crippen LogP contribution in [-0.4, -0.2) is 47.1 Å². The van der Waals surface area contributed by atoms with Crippen molar-refractivity contribution in [2.75, 3.05) is 11.9 Å². The van der Waals surface area contributed by atoms with Crippen LogP contribution in [-0.2, 0) is 29.4 Å². The highest BCUT2D eigenvalue weighted by Gasteiger charge is 2.27. The van der Waals surface area contributed by atoms with Crippen molar-refractivity contribution in [2.45, 2.75) is 51.5 Å². The van der Waals surface area contributed by atoms with Crippen LogP contribution in [0.1, 0.15) is 45.6 Å². The second kappa shape index (κ2) is 13.0. The minimum Gasteiger partial charge on any atom is -0.481 e. The maximum absolute atomic E-state index is 13.7. The van der Waals surface area contributed by atoms with Gasteiger partial charge in [0, 0.05) is 24.6 Å². The van der Waals surface area contributed by atoms with Gasteiger partial charge in [0.2, 0.25) is 23.3 Å². The van der Waals surface area contributed by atoms with Crippen LogP contribution >= 0.6 is 0 Å². The largest absolute Gasteiger partial charge is 0.481 e. The standard InChI is InChI=1S/C26H26F4N2O7/c1-26(2,3)13-6-4-5-7-16(13)32-25(38)18(33)8-9-20(35)31-17(11-21(36)37)19(34)12-39-24-22(29)14(27)10-15(28)23(24)30/h4-7,10,17H,8-9,11-12H2,1-3H3,(H,31,35)(H,32,38)(H,36,37)/t17-/m0/s1. The number of carbonyl (C=O) groups excluding carboxylic acids is 4. The fourth-order valence-corrected chi connectivity index (χ4v) is 3.39. The van der Waals surface area contributed by atoms with Crippen molar-refractivity contribution in [3.05, 3.63) is 59.2 Å². The number of ether oxygens (including phenoxy) is 1. The predicted molar refractivity (Wildman–Crippen MR) is 129 cm³/mol. The van der Waals surface area contributed by atoms with Crippen LogP contribution in [0.25, 0.3) is 0 Å².